The summed E-state index contributed by atoms with van der Waals surface area (Å²) in [5, 5.41) is 8.61. The SMILES string of the molecule is Cc1ccc(F)cc1[C@@H](C)CC(=O)O. The lowest BCUT2D eigenvalue weighted by atomic mass is 9.94. The highest BCUT2D eigenvalue weighted by Crippen LogP contribution is 2.23. The average Bonchev–Trinajstić information content (AvgIpc) is 2.08. The third-order valence-corrected chi connectivity index (χ3v) is 2.25. The maximum absolute atomic E-state index is 12.9. The fourth-order valence-electron chi connectivity index (χ4n) is 1.51. The Morgan fingerprint density at radius 1 is 1.57 bits per heavy atom. The van der Waals surface area contributed by atoms with Crippen LogP contribution in [0.15, 0.2) is 18.2 Å². The molecule has 0 spiro atoms. The summed E-state index contributed by atoms with van der Waals surface area (Å²) in [5.41, 5.74) is 1.70. The Bertz CT molecular complexity index is 347. The summed E-state index contributed by atoms with van der Waals surface area (Å²) in [6, 6.07) is 4.46. The monoisotopic (exact) mass is 196 g/mol. The van der Waals surface area contributed by atoms with Gasteiger partial charge in [0.1, 0.15) is 5.82 Å². The molecule has 0 aliphatic rings. The van der Waals surface area contributed by atoms with Gasteiger partial charge in [0, 0.05) is 0 Å². The third kappa shape index (κ3) is 2.55. The van der Waals surface area contributed by atoms with Gasteiger partial charge in [-0.3, -0.25) is 4.79 Å². The number of carbonyl (C=O) groups is 1. The molecule has 0 saturated carbocycles. The first-order chi connectivity index (χ1) is 6.50. The second-order valence-corrected chi connectivity index (χ2v) is 3.50. The first kappa shape index (κ1) is 10.7. The van der Waals surface area contributed by atoms with Gasteiger partial charge in [0.15, 0.2) is 0 Å². The van der Waals surface area contributed by atoms with Crippen molar-refractivity contribution in [1.29, 1.82) is 0 Å². The van der Waals surface area contributed by atoms with Crippen molar-refractivity contribution >= 4 is 5.97 Å². The van der Waals surface area contributed by atoms with Gasteiger partial charge in [-0.15, -0.1) is 0 Å². The van der Waals surface area contributed by atoms with E-state index in [4.69, 9.17) is 5.11 Å². The third-order valence-electron chi connectivity index (χ3n) is 2.25. The molecule has 1 rings (SSSR count). The van der Waals surface area contributed by atoms with Gasteiger partial charge in [-0.1, -0.05) is 13.0 Å². The quantitative estimate of drug-likeness (QED) is 0.807. The van der Waals surface area contributed by atoms with Crippen molar-refractivity contribution in [3.63, 3.8) is 0 Å². The number of hydrogen-bond acceptors (Lipinski definition) is 1. The zero-order valence-corrected chi connectivity index (χ0v) is 8.25. The van der Waals surface area contributed by atoms with Crippen LogP contribution in [0.3, 0.4) is 0 Å². The van der Waals surface area contributed by atoms with E-state index in [9.17, 15) is 9.18 Å². The standard InChI is InChI=1S/C11H13FO2/c1-7-3-4-9(12)6-10(7)8(2)5-11(13)14/h3-4,6,8H,5H2,1-2H3,(H,13,14)/t8-/m0/s1. The van der Waals surface area contributed by atoms with E-state index in [0.717, 1.165) is 11.1 Å². The maximum atomic E-state index is 12.9. The Morgan fingerprint density at radius 3 is 2.79 bits per heavy atom. The van der Waals surface area contributed by atoms with E-state index in [1.54, 1.807) is 13.0 Å². The molecule has 1 N–H and O–H groups in total. The Kier molecular flexibility index (Phi) is 3.23. The topological polar surface area (TPSA) is 37.3 Å². The highest BCUT2D eigenvalue weighted by Gasteiger charge is 2.12. The second-order valence-electron chi connectivity index (χ2n) is 3.50. The van der Waals surface area contributed by atoms with Crippen LogP contribution >= 0.6 is 0 Å². The van der Waals surface area contributed by atoms with E-state index in [1.807, 2.05) is 6.92 Å². The smallest absolute Gasteiger partial charge is 0.303 e. The molecular weight excluding hydrogens is 183 g/mol. The number of aryl methyl sites for hydroxylation is 1. The summed E-state index contributed by atoms with van der Waals surface area (Å²) in [6.45, 7) is 3.64. The zero-order chi connectivity index (χ0) is 10.7. The van der Waals surface area contributed by atoms with Gasteiger partial charge in [-0.25, -0.2) is 4.39 Å². The summed E-state index contributed by atoms with van der Waals surface area (Å²) in [6.07, 6.45) is 0.0320. The normalized spacial score (nSPS) is 12.5. The summed E-state index contributed by atoms with van der Waals surface area (Å²) in [7, 11) is 0. The van der Waals surface area contributed by atoms with Crippen molar-refractivity contribution in [3.8, 4) is 0 Å². The van der Waals surface area contributed by atoms with E-state index < -0.39 is 5.97 Å². The predicted octanol–water partition coefficient (Wildman–Crippen LogP) is 2.71. The van der Waals surface area contributed by atoms with Crippen molar-refractivity contribution in [2.75, 3.05) is 0 Å². The lowest BCUT2D eigenvalue weighted by molar-refractivity contribution is -0.137. The van der Waals surface area contributed by atoms with Gasteiger partial charge in [0.05, 0.1) is 6.42 Å². The summed E-state index contributed by atoms with van der Waals surface area (Å²) in [4.78, 5) is 10.5. The van der Waals surface area contributed by atoms with Crippen LogP contribution in [0.5, 0.6) is 0 Å². The first-order valence-electron chi connectivity index (χ1n) is 4.48. The van der Waals surface area contributed by atoms with Crippen LogP contribution in [0.2, 0.25) is 0 Å². The molecule has 0 fully saturated rings. The zero-order valence-electron chi connectivity index (χ0n) is 8.25. The molecule has 0 radical (unpaired) electrons. The Hall–Kier alpha value is -1.38. The molecule has 1 aromatic carbocycles. The van der Waals surface area contributed by atoms with Crippen molar-refractivity contribution < 1.29 is 14.3 Å². The summed E-state index contributed by atoms with van der Waals surface area (Å²) < 4.78 is 12.9. The number of aliphatic carboxylic acids is 1. The van der Waals surface area contributed by atoms with Gasteiger partial charge in [-0.2, -0.15) is 0 Å². The largest absolute Gasteiger partial charge is 0.481 e. The molecule has 0 unspecified atom stereocenters. The van der Waals surface area contributed by atoms with Crippen LogP contribution < -0.4 is 0 Å². The van der Waals surface area contributed by atoms with Gasteiger partial charge in [-0.05, 0) is 36.1 Å². The van der Waals surface area contributed by atoms with Crippen LogP contribution in [0.4, 0.5) is 4.39 Å². The van der Waals surface area contributed by atoms with E-state index >= 15 is 0 Å². The van der Waals surface area contributed by atoms with Crippen LogP contribution in [0, 0.1) is 12.7 Å². The molecule has 0 bridgehead atoms. The lowest BCUT2D eigenvalue weighted by Gasteiger charge is -2.12. The number of halogens is 1. The minimum atomic E-state index is -0.860. The van der Waals surface area contributed by atoms with Gasteiger partial charge in [0.25, 0.3) is 0 Å². The molecule has 0 heterocycles. The highest BCUT2D eigenvalue weighted by molar-refractivity contribution is 5.68. The highest BCUT2D eigenvalue weighted by atomic mass is 19.1. The molecular formula is C11H13FO2. The molecule has 0 saturated heterocycles. The molecule has 2 nitrogen and oxygen atoms in total. The molecule has 0 aromatic heterocycles. The fourth-order valence-corrected chi connectivity index (χ4v) is 1.51. The summed E-state index contributed by atoms with van der Waals surface area (Å²) in [5.74, 6) is -1.33. The minimum Gasteiger partial charge on any atom is -0.481 e. The van der Waals surface area contributed by atoms with E-state index in [2.05, 4.69) is 0 Å². The van der Waals surface area contributed by atoms with Gasteiger partial charge < -0.3 is 5.11 Å². The van der Waals surface area contributed by atoms with Gasteiger partial charge in [0.2, 0.25) is 0 Å². The predicted molar refractivity (Wildman–Crippen MR) is 51.8 cm³/mol. The Morgan fingerprint density at radius 2 is 2.21 bits per heavy atom. The number of carboxylic acids is 1. The average molecular weight is 196 g/mol. The first-order valence-corrected chi connectivity index (χ1v) is 4.48. The number of carboxylic acid groups (broad SMARTS) is 1. The molecule has 1 atom stereocenters. The van der Waals surface area contributed by atoms with Crippen LogP contribution in [-0.4, -0.2) is 11.1 Å². The lowest BCUT2D eigenvalue weighted by Crippen LogP contribution is -2.04. The van der Waals surface area contributed by atoms with Crippen molar-refractivity contribution in [3.05, 3.63) is 35.1 Å². The van der Waals surface area contributed by atoms with Crippen LogP contribution in [0.25, 0.3) is 0 Å². The van der Waals surface area contributed by atoms with Crippen molar-refractivity contribution in [2.45, 2.75) is 26.2 Å². The van der Waals surface area contributed by atoms with Crippen LogP contribution in [0.1, 0.15) is 30.4 Å². The van der Waals surface area contributed by atoms with Crippen molar-refractivity contribution in [1.82, 2.24) is 0 Å². The molecule has 1 aromatic rings. The number of benzene rings is 1. The van der Waals surface area contributed by atoms with Gasteiger partial charge >= 0.3 is 5.97 Å². The Labute approximate surface area is 82.4 Å². The van der Waals surface area contributed by atoms with Crippen molar-refractivity contribution in [2.24, 2.45) is 0 Å². The maximum Gasteiger partial charge on any atom is 0.303 e. The second kappa shape index (κ2) is 4.22. The molecule has 0 aliphatic carbocycles. The molecule has 14 heavy (non-hydrogen) atoms. The molecule has 3 heteroatoms. The fraction of sp³-hybridized carbons (Fsp3) is 0.364. The van der Waals surface area contributed by atoms with Crippen LogP contribution in [-0.2, 0) is 4.79 Å². The van der Waals surface area contributed by atoms with E-state index in [0.29, 0.717) is 0 Å². The molecule has 0 aliphatic heterocycles. The molecule has 0 amide bonds. The number of rotatable bonds is 3. The number of hydrogen-bond donors (Lipinski definition) is 1. The minimum absolute atomic E-state index is 0.0320. The summed E-state index contributed by atoms with van der Waals surface area (Å²) >= 11 is 0. The molecule has 76 valence electrons. The van der Waals surface area contributed by atoms with E-state index in [-0.39, 0.29) is 18.2 Å². The Balaban J connectivity index is 2.93. The van der Waals surface area contributed by atoms with E-state index in [1.165, 1.54) is 12.1 Å².